The minimum Gasteiger partial charge on any atom is -0.330 e. The maximum absolute atomic E-state index is 5.63. The largest absolute Gasteiger partial charge is 0.330 e. The predicted octanol–water partition coefficient (Wildman–Crippen LogP) is 1.36. The average molecular weight is 158 g/mol. The third-order valence-electron chi connectivity index (χ3n) is 2.10. The van der Waals surface area contributed by atoms with E-state index in [2.05, 4.69) is 12.2 Å². The van der Waals surface area contributed by atoms with E-state index in [4.69, 9.17) is 5.73 Å². The Kier molecular flexibility index (Phi) is 7.96. The molecule has 11 heavy (non-hydrogen) atoms. The van der Waals surface area contributed by atoms with Crippen molar-refractivity contribution >= 4 is 0 Å². The monoisotopic (exact) mass is 158 g/mol. The van der Waals surface area contributed by atoms with Crippen LogP contribution < -0.4 is 11.1 Å². The van der Waals surface area contributed by atoms with Gasteiger partial charge >= 0.3 is 0 Å². The first-order valence-corrected chi connectivity index (χ1v) is 4.69. The Bertz CT molecular complexity index is 66.0. The molecule has 3 N–H and O–H groups in total. The highest BCUT2D eigenvalue weighted by molar-refractivity contribution is 4.60. The number of nitrogens with two attached hydrogens (primary N) is 1. The molecule has 0 amide bonds. The van der Waals surface area contributed by atoms with E-state index in [0.29, 0.717) is 0 Å². The zero-order chi connectivity index (χ0) is 8.53. The van der Waals surface area contributed by atoms with Crippen molar-refractivity contribution in [2.45, 2.75) is 32.6 Å². The summed E-state index contributed by atoms with van der Waals surface area (Å²) in [6, 6.07) is 0. The van der Waals surface area contributed by atoms with Gasteiger partial charge in [0.1, 0.15) is 0 Å². The van der Waals surface area contributed by atoms with Gasteiger partial charge in [0.2, 0.25) is 0 Å². The first-order chi connectivity index (χ1) is 5.35. The summed E-state index contributed by atoms with van der Waals surface area (Å²) in [5.74, 6) is 0.738. The van der Waals surface area contributed by atoms with Crippen LogP contribution in [0, 0.1) is 5.92 Å². The molecule has 0 aliphatic heterocycles. The van der Waals surface area contributed by atoms with Gasteiger partial charge in [-0.25, -0.2) is 0 Å². The fourth-order valence-electron chi connectivity index (χ4n) is 1.22. The van der Waals surface area contributed by atoms with E-state index in [1.54, 1.807) is 0 Å². The van der Waals surface area contributed by atoms with Crippen LogP contribution in [-0.4, -0.2) is 20.1 Å². The van der Waals surface area contributed by atoms with Crippen molar-refractivity contribution in [3.05, 3.63) is 0 Å². The Balaban J connectivity index is 3.25. The van der Waals surface area contributed by atoms with Crippen molar-refractivity contribution in [3.8, 4) is 0 Å². The van der Waals surface area contributed by atoms with Gasteiger partial charge < -0.3 is 11.1 Å². The molecule has 0 aromatic heterocycles. The summed E-state index contributed by atoms with van der Waals surface area (Å²) in [6.45, 7) is 4.18. The van der Waals surface area contributed by atoms with E-state index in [1.165, 1.54) is 25.7 Å². The number of rotatable bonds is 7. The van der Waals surface area contributed by atoms with Crippen LogP contribution in [-0.2, 0) is 0 Å². The Morgan fingerprint density at radius 3 is 2.55 bits per heavy atom. The summed E-state index contributed by atoms with van der Waals surface area (Å²) < 4.78 is 0. The summed E-state index contributed by atoms with van der Waals surface area (Å²) in [4.78, 5) is 0. The van der Waals surface area contributed by atoms with Crippen LogP contribution >= 0.6 is 0 Å². The van der Waals surface area contributed by atoms with Gasteiger partial charge in [0.05, 0.1) is 0 Å². The van der Waals surface area contributed by atoms with Crippen LogP contribution in [0.4, 0.5) is 0 Å². The van der Waals surface area contributed by atoms with E-state index < -0.39 is 0 Å². The molecule has 0 fully saturated rings. The molecule has 0 aliphatic rings. The quantitative estimate of drug-likeness (QED) is 0.587. The molecule has 0 aromatic rings. The van der Waals surface area contributed by atoms with Crippen molar-refractivity contribution in [3.63, 3.8) is 0 Å². The summed E-state index contributed by atoms with van der Waals surface area (Å²) in [5, 5.41) is 3.15. The Hall–Kier alpha value is -0.0800. The number of hydrogen-bond acceptors (Lipinski definition) is 2. The molecule has 2 nitrogen and oxygen atoms in total. The Morgan fingerprint density at radius 1 is 1.36 bits per heavy atom. The minimum absolute atomic E-state index is 0.738. The van der Waals surface area contributed by atoms with Crippen LogP contribution in [0.15, 0.2) is 0 Å². The lowest BCUT2D eigenvalue weighted by Gasteiger charge is -2.12. The molecule has 0 saturated heterocycles. The fraction of sp³-hybridized carbons (Fsp3) is 1.00. The summed E-state index contributed by atoms with van der Waals surface area (Å²) in [7, 11) is 1.99. The second-order valence-corrected chi connectivity index (χ2v) is 3.14. The van der Waals surface area contributed by atoms with Gasteiger partial charge in [0, 0.05) is 0 Å². The van der Waals surface area contributed by atoms with Gasteiger partial charge in [0.25, 0.3) is 0 Å². The van der Waals surface area contributed by atoms with Crippen molar-refractivity contribution < 1.29 is 0 Å². The summed E-state index contributed by atoms with van der Waals surface area (Å²) >= 11 is 0. The minimum atomic E-state index is 0.738. The second kappa shape index (κ2) is 8.02. The van der Waals surface area contributed by atoms with Crippen LogP contribution in [0.2, 0.25) is 0 Å². The first kappa shape index (κ1) is 10.9. The van der Waals surface area contributed by atoms with Crippen LogP contribution in [0.3, 0.4) is 0 Å². The van der Waals surface area contributed by atoms with E-state index in [1.807, 2.05) is 7.05 Å². The lowest BCUT2D eigenvalue weighted by atomic mass is 9.99. The zero-order valence-corrected chi connectivity index (χ0v) is 7.90. The fourth-order valence-corrected chi connectivity index (χ4v) is 1.22. The highest BCUT2D eigenvalue weighted by Crippen LogP contribution is 2.09. The third kappa shape index (κ3) is 6.32. The molecular formula is C9H22N2. The Morgan fingerprint density at radius 2 is 2.09 bits per heavy atom. The number of nitrogens with one attached hydrogen (secondary N) is 1. The number of unbranched alkanes of at least 4 members (excludes halogenated alkanes) is 1. The first-order valence-electron chi connectivity index (χ1n) is 4.69. The normalized spacial score (nSPS) is 13.4. The molecule has 0 heterocycles. The van der Waals surface area contributed by atoms with Crippen molar-refractivity contribution in [2.75, 3.05) is 20.1 Å². The smallest absolute Gasteiger partial charge is 0.00484 e. The third-order valence-corrected chi connectivity index (χ3v) is 2.10. The molecule has 0 bridgehead atoms. The molecule has 0 saturated carbocycles. The lowest BCUT2D eigenvalue weighted by molar-refractivity contribution is 0.437. The topological polar surface area (TPSA) is 38.0 Å². The maximum Gasteiger partial charge on any atom is -0.00484 e. The molecule has 0 radical (unpaired) electrons. The highest BCUT2D eigenvalue weighted by Gasteiger charge is 2.03. The van der Waals surface area contributed by atoms with E-state index in [0.717, 1.165) is 19.0 Å². The van der Waals surface area contributed by atoms with Crippen molar-refractivity contribution in [2.24, 2.45) is 11.7 Å². The van der Waals surface area contributed by atoms with Crippen LogP contribution in [0.1, 0.15) is 32.6 Å². The molecule has 68 valence electrons. The number of hydrogen-bond donors (Lipinski definition) is 2. The maximum atomic E-state index is 5.63. The van der Waals surface area contributed by atoms with Crippen LogP contribution in [0.25, 0.3) is 0 Å². The SMILES string of the molecule is CCCCC(CN)CCNC. The van der Waals surface area contributed by atoms with Gasteiger partial charge in [-0.2, -0.15) is 0 Å². The predicted molar refractivity (Wildman–Crippen MR) is 50.6 cm³/mol. The van der Waals surface area contributed by atoms with Gasteiger partial charge in [-0.1, -0.05) is 19.8 Å². The Labute approximate surface area is 70.5 Å². The van der Waals surface area contributed by atoms with Crippen molar-refractivity contribution in [1.29, 1.82) is 0 Å². The average Bonchev–Trinajstić information content (AvgIpc) is 2.05. The summed E-state index contributed by atoms with van der Waals surface area (Å²) in [6.07, 6.45) is 5.14. The molecule has 0 spiro atoms. The standard InChI is InChI=1S/C9H22N2/c1-3-4-5-9(8-10)6-7-11-2/h9,11H,3-8,10H2,1-2H3. The molecule has 0 aliphatic carbocycles. The van der Waals surface area contributed by atoms with Gasteiger partial charge in [0.15, 0.2) is 0 Å². The van der Waals surface area contributed by atoms with Crippen molar-refractivity contribution in [1.82, 2.24) is 5.32 Å². The molecule has 1 atom stereocenters. The van der Waals surface area contributed by atoms with E-state index >= 15 is 0 Å². The van der Waals surface area contributed by atoms with E-state index in [9.17, 15) is 0 Å². The lowest BCUT2D eigenvalue weighted by Crippen LogP contribution is -2.19. The van der Waals surface area contributed by atoms with Crippen LogP contribution in [0.5, 0.6) is 0 Å². The van der Waals surface area contributed by atoms with Gasteiger partial charge in [-0.05, 0) is 38.9 Å². The molecule has 0 aromatic carbocycles. The highest BCUT2D eigenvalue weighted by atomic mass is 14.8. The zero-order valence-electron chi connectivity index (χ0n) is 7.90. The molecule has 0 rings (SSSR count). The van der Waals surface area contributed by atoms with Gasteiger partial charge in [-0.3, -0.25) is 0 Å². The molecule has 1 unspecified atom stereocenters. The van der Waals surface area contributed by atoms with Gasteiger partial charge in [-0.15, -0.1) is 0 Å². The molecular weight excluding hydrogens is 136 g/mol. The second-order valence-electron chi connectivity index (χ2n) is 3.14. The molecule has 2 heteroatoms. The summed E-state index contributed by atoms with van der Waals surface area (Å²) in [5.41, 5.74) is 5.63. The van der Waals surface area contributed by atoms with E-state index in [-0.39, 0.29) is 0 Å².